The highest BCUT2D eigenvalue weighted by atomic mass is 32.2. The lowest BCUT2D eigenvalue weighted by molar-refractivity contribution is 0.0689. The molecule has 1 saturated carbocycles. The zero-order valence-corrected chi connectivity index (χ0v) is 19.4. The number of hydrogen-bond acceptors (Lipinski definition) is 5. The zero-order chi connectivity index (χ0) is 21.6. The average Bonchev–Trinajstić information content (AvgIpc) is 3.31. The summed E-state index contributed by atoms with van der Waals surface area (Å²) < 4.78 is 23.7. The summed E-state index contributed by atoms with van der Waals surface area (Å²) >= 11 is 1.80. The molecule has 2 heterocycles. The lowest BCUT2D eigenvalue weighted by Crippen LogP contribution is -2.53. The molecule has 30 heavy (non-hydrogen) atoms. The monoisotopic (exact) mass is 447 g/mol. The normalized spacial score (nSPS) is 27.1. The lowest BCUT2D eigenvalue weighted by atomic mass is 9.71. The van der Waals surface area contributed by atoms with Gasteiger partial charge < -0.3 is 5.32 Å². The molecule has 1 aliphatic carbocycles. The molecular weight excluding hydrogens is 418 g/mol. The molecule has 2 fully saturated rings. The van der Waals surface area contributed by atoms with Gasteiger partial charge in [0.1, 0.15) is 0 Å². The Labute approximate surface area is 182 Å². The molecule has 1 N–H and O–H groups in total. The number of urea groups is 1. The van der Waals surface area contributed by atoms with Crippen LogP contribution >= 0.6 is 11.3 Å². The van der Waals surface area contributed by atoms with E-state index < -0.39 is 9.84 Å². The number of hydrogen-bond donors (Lipinski definition) is 1. The van der Waals surface area contributed by atoms with E-state index in [1.165, 1.54) is 11.1 Å². The third kappa shape index (κ3) is 3.88. The van der Waals surface area contributed by atoms with Gasteiger partial charge in [0.05, 0.1) is 23.4 Å². The summed E-state index contributed by atoms with van der Waals surface area (Å²) in [6, 6.07) is 11.5. The Kier molecular flexibility index (Phi) is 5.45. The summed E-state index contributed by atoms with van der Waals surface area (Å²) in [6.07, 6.45) is 4.94. The highest BCUT2D eigenvalue weighted by Gasteiger charge is 2.50. The molecule has 6 nitrogen and oxygen atoms in total. The molecule has 0 unspecified atom stereocenters. The first kappa shape index (κ1) is 21.3. The van der Waals surface area contributed by atoms with E-state index in [2.05, 4.69) is 41.8 Å². The second kappa shape index (κ2) is 7.66. The van der Waals surface area contributed by atoms with Crippen LogP contribution in [0.25, 0.3) is 0 Å². The molecule has 8 heteroatoms. The van der Waals surface area contributed by atoms with Crippen molar-refractivity contribution < 1.29 is 13.2 Å². The van der Waals surface area contributed by atoms with Crippen LogP contribution in [0, 0.1) is 0 Å². The summed E-state index contributed by atoms with van der Waals surface area (Å²) in [7, 11) is 1.08. The first-order valence-electron chi connectivity index (χ1n) is 10.2. The van der Waals surface area contributed by atoms with Gasteiger partial charge in [-0.15, -0.1) is 11.3 Å². The van der Waals surface area contributed by atoms with Gasteiger partial charge in [-0.1, -0.05) is 24.3 Å². The van der Waals surface area contributed by atoms with Crippen LogP contribution in [0.3, 0.4) is 0 Å². The summed E-state index contributed by atoms with van der Waals surface area (Å²) in [6.45, 7) is 0.570. The quantitative estimate of drug-likeness (QED) is 0.760. The highest BCUT2D eigenvalue weighted by molar-refractivity contribution is 7.89. The van der Waals surface area contributed by atoms with Crippen LogP contribution in [0.15, 0.2) is 41.8 Å². The molecule has 0 bridgehead atoms. The number of para-hydroxylation sites is 1. The Bertz CT molecular complexity index is 1020. The fourth-order valence-electron chi connectivity index (χ4n) is 4.96. The summed E-state index contributed by atoms with van der Waals surface area (Å²) in [4.78, 5) is 18.4. The number of carbonyl (C=O) groups excluding carboxylic acids is 1. The number of rotatable bonds is 5. The predicted octanol–water partition coefficient (Wildman–Crippen LogP) is 3.59. The second-order valence-corrected chi connectivity index (χ2v) is 12.0. The van der Waals surface area contributed by atoms with Crippen LogP contribution in [0.5, 0.6) is 0 Å². The number of sulfone groups is 1. The molecule has 2 aliphatic rings. The highest BCUT2D eigenvalue weighted by Crippen LogP contribution is 2.47. The van der Waals surface area contributed by atoms with Crippen LogP contribution < -0.4 is 10.2 Å². The number of thiophene rings is 1. The molecule has 1 aliphatic heterocycles. The summed E-state index contributed by atoms with van der Waals surface area (Å²) in [5.74, 6) is -0.0674. The van der Waals surface area contributed by atoms with Gasteiger partial charge >= 0.3 is 6.03 Å². The van der Waals surface area contributed by atoms with Crippen molar-refractivity contribution in [2.24, 2.45) is 0 Å². The third-order valence-electron chi connectivity index (χ3n) is 6.65. The van der Waals surface area contributed by atoms with E-state index in [-0.39, 0.29) is 22.9 Å². The minimum Gasteiger partial charge on any atom is -0.330 e. The smallest absolute Gasteiger partial charge is 0.322 e. The number of amides is 2. The van der Waals surface area contributed by atoms with Crippen LogP contribution in [0.1, 0.15) is 36.1 Å². The standard InChI is InChI=1S/C22H29N3O3S2/c1-24(2)22(19-9-6-14-29-19)12-10-21(11-13-22)16-25(20(26)23-21)18-8-5-4-7-17(18)15-30(3,27)28/h4-9,14H,10-13,15-16H2,1-3H3,(H,23,26)/t21-,22+. The van der Waals surface area contributed by atoms with E-state index in [4.69, 9.17) is 0 Å². The van der Waals surface area contributed by atoms with Gasteiger partial charge in [-0.2, -0.15) is 0 Å². The summed E-state index contributed by atoms with van der Waals surface area (Å²) in [5.41, 5.74) is 1.10. The van der Waals surface area contributed by atoms with Crippen molar-refractivity contribution in [1.82, 2.24) is 10.2 Å². The van der Waals surface area contributed by atoms with Gasteiger partial charge in [-0.25, -0.2) is 13.2 Å². The van der Waals surface area contributed by atoms with Gasteiger partial charge in [0, 0.05) is 16.8 Å². The van der Waals surface area contributed by atoms with Crippen molar-refractivity contribution in [3.8, 4) is 0 Å². The van der Waals surface area contributed by atoms with Crippen LogP contribution in [-0.4, -0.2) is 51.8 Å². The molecule has 1 saturated heterocycles. The molecule has 0 atom stereocenters. The zero-order valence-electron chi connectivity index (χ0n) is 17.7. The third-order valence-corrected chi connectivity index (χ3v) is 8.55. The summed E-state index contributed by atoms with van der Waals surface area (Å²) in [5, 5.41) is 5.38. The van der Waals surface area contributed by atoms with Crippen molar-refractivity contribution in [3.63, 3.8) is 0 Å². The molecule has 1 aromatic carbocycles. The van der Waals surface area contributed by atoms with Crippen molar-refractivity contribution in [3.05, 3.63) is 52.2 Å². The van der Waals surface area contributed by atoms with E-state index in [0.29, 0.717) is 17.8 Å². The first-order valence-corrected chi connectivity index (χ1v) is 13.1. The number of nitrogens with zero attached hydrogens (tertiary/aromatic N) is 2. The Hall–Kier alpha value is -1.90. The Morgan fingerprint density at radius 3 is 2.40 bits per heavy atom. The minimum atomic E-state index is -3.19. The maximum atomic E-state index is 12.9. The van der Waals surface area contributed by atoms with Crippen LogP contribution in [0.2, 0.25) is 0 Å². The number of carbonyl (C=O) groups is 1. The number of anilines is 1. The van der Waals surface area contributed by atoms with Gasteiger partial charge in [0.15, 0.2) is 9.84 Å². The Morgan fingerprint density at radius 2 is 1.80 bits per heavy atom. The van der Waals surface area contributed by atoms with Gasteiger partial charge in [-0.3, -0.25) is 9.80 Å². The molecule has 162 valence electrons. The van der Waals surface area contributed by atoms with E-state index in [1.807, 2.05) is 18.2 Å². The minimum absolute atomic E-state index is 0.00571. The van der Waals surface area contributed by atoms with Gasteiger partial charge in [-0.05, 0) is 62.9 Å². The van der Waals surface area contributed by atoms with Gasteiger partial charge in [0.25, 0.3) is 0 Å². The number of benzene rings is 1. The van der Waals surface area contributed by atoms with Crippen molar-refractivity contribution >= 4 is 32.9 Å². The van der Waals surface area contributed by atoms with Crippen molar-refractivity contribution in [2.45, 2.75) is 42.5 Å². The van der Waals surface area contributed by atoms with E-state index >= 15 is 0 Å². The fourth-order valence-corrected chi connectivity index (χ4v) is 6.84. The largest absolute Gasteiger partial charge is 0.330 e. The first-order chi connectivity index (χ1) is 14.1. The maximum absolute atomic E-state index is 12.9. The molecule has 1 spiro atoms. The number of nitrogens with one attached hydrogen (secondary N) is 1. The topological polar surface area (TPSA) is 69.7 Å². The molecule has 4 rings (SSSR count). The van der Waals surface area contributed by atoms with E-state index in [1.54, 1.807) is 22.3 Å². The molecule has 0 radical (unpaired) electrons. The van der Waals surface area contributed by atoms with E-state index in [0.717, 1.165) is 25.7 Å². The second-order valence-electron chi connectivity index (χ2n) is 8.90. The van der Waals surface area contributed by atoms with Crippen LogP contribution in [0.4, 0.5) is 10.5 Å². The van der Waals surface area contributed by atoms with Crippen molar-refractivity contribution in [1.29, 1.82) is 0 Å². The molecule has 2 amide bonds. The molecule has 2 aromatic rings. The Balaban J connectivity index is 1.57. The van der Waals surface area contributed by atoms with Gasteiger partial charge in [0.2, 0.25) is 0 Å². The fraction of sp³-hybridized carbons (Fsp3) is 0.500. The predicted molar refractivity (Wildman–Crippen MR) is 122 cm³/mol. The van der Waals surface area contributed by atoms with Crippen LogP contribution in [-0.2, 0) is 21.1 Å². The lowest BCUT2D eigenvalue weighted by Gasteiger charge is -2.47. The maximum Gasteiger partial charge on any atom is 0.322 e. The SMILES string of the molecule is CN(C)[C@]1(c2cccs2)CC[C@]2(CC1)CN(c1ccccc1CS(C)(=O)=O)C(=O)N2. The van der Waals surface area contributed by atoms with Crippen molar-refractivity contribution in [2.75, 3.05) is 31.8 Å². The Morgan fingerprint density at radius 1 is 1.10 bits per heavy atom. The average molecular weight is 448 g/mol. The molecular formula is C22H29N3O3S2. The van der Waals surface area contributed by atoms with E-state index in [9.17, 15) is 13.2 Å². The molecule has 1 aromatic heterocycles.